The van der Waals surface area contributed by atoms with Crippen LogP contribution in [0.4, 0.5) is 5.69 Å². The molecular weight excluding hydrogens is 282 g/mol. The van der Waals surface area contributed by atoms with Crippen LogP contribution in [0.25, 0.3) is 20.2 Å². The lowest BCUT2D eigenvalue weighted by Crippen LogP contribution is -2.13. The minimum Gasteiger partial charge on any atom is -0.325 e. The predicted molar refractivity (Wildman–Crippen MR) is 89.1 cm³/mol. The number of hydrogen-bond acceptors (Lipinski definition) is 3. The smallest absolute Gasteiger partial charge is 0.224 e. The van der Waals surface area contributed by atoms with Gasteiger partial charge in [0.1, 0.15) is 0 Å². The molecule has 0 aliphatic rings. The third-order valence-electron chi connectivity index (χ3n) is 3.36. The maximum atomic E-state index is 12.7. The lowest BCUT2D eigenvalue weighted by Gasteiger charge is -2.08. The number of amides is 1. The Morgan fingerprint density at radius 3 is 2.67 bits per heavy atom. The highest BCUT2D eigenvalue weighted by Crippen LogP contribution is 2.28. The number of benzene rings is 2. The molecule has 2 aromatic carbocycles. The zero-order valence-corrected chi connectivity index (χ0v) is 12.5. The van der Waals surface area contributed by atoms with Crippen molar-refractivity contribution in [2.24, 2.45) is 0 Å². The van der Waals surface area contributed by atoms with Crippen LogP contribution in [0.15, 0.2) is 47.3 Å². The summed E-state index contributed by atoms with van der Waals surface area (Å²) in [7, 11) is 0. The third kappa shape index (κ3) is 2.54. The molecule has 0 aliphatic heterocycles. The molecule has 0 bridgehead atoms. The van der Waals surface area contributed by atoms with E-state index in [2.05, 4.69) is 5.32 Å². The van der Waals surface area contributed by atoms with E-state index in [0.717, 1.165) is 15.8 Å². The molecule has 0 spiro atoms. The second-order valence-corrected chi connectivity index (χ2v) is 5.99. The van der Waals surface area contributed by atoms with Gasteiger partial charge in [0, 0.05) is 21.2 Å². The van der Waals surface area contributed by atoms with E-state index in [1.807, 2.05) is 43.3 Å². The number of nitrogens with one attached hydrogen (secondary N) is 1. The fourth-order valence-electron chi connectivity index (χ4n) is 2.39. The molecule has 0 fully saturated rings. The second kappa shape index (κ2) is 5.66. The number of carbonyl (C=O) groups is 1. The molecule has 0 aliphatic carbocycles. The van der Waals surface area contributed by atoms with Crippen molar-refractivity contribution in [3.8, 4) is 0 Å². The molecule has 3 aromatic rings. The Balaban J connectivity index is 2.24. The molecule has 3 nitrogen and oxygen atoms in total. The van der Waals surface area contributed by atoms with Crippen LogP contribution in [0.1, 0.15) is 19.8 Å². The average molecular weight is 297 g/mol. The minimum atomic E-state index is -0.0532. The van der Waals surface area contributed by atoms with Gasteiger partial charge in [-0.1, -0.05) is 25.1 Å². The maximum absolute atomic E-state index is 12.7. The summed E-state index contributed by atoms with van der Waals surface area (Å²) in [5.41, 5.74) is 0.588. The van der Waals surface area contributed by atoms with Gasteiger partial charge in [0.2, 0.25) is 5.91 Å². The van der Waals surface area contributed by atoms with E-state index >= 15 is 0 Å². The summed E-state index contributed by atoms with van der Waals surface area (Å²) in [6.45, 7) is 1.96. The molecular formula is C17H15NO2S. The Labute approximate surface area is 126 Å². The fourth-order valence-corrected chi connectivity index (χ4v) is 3.50. The Kier molecular flexibility index (Phi) is 3.71. The van der Waals surface area contributed by atoms with Gasteiger partial charge >= 0.3 is 0 Å². The largest absolute Gasteiger partial charge is 0.325 e. The van der Waals surface area contributed by atoms with E-state index in [4.69, 9.17) is 0 Å². The standard InChI is InChI=1S/C17H15NO2S/c1-2-6-15(19)18-12-8-5-10-14-16(12)17(20)11-7-3-4-9-13(11)21-14/h3-5,7-10H,2,6H2,1H3,(H,18,19). The molecule has 1 heterocycles. The molecule has 1 aromatic heterocycles. The van der Waals surface area contributed by atoms with Crippen molar-refractivity contribution in [1.29, 1.82) is 0 Å². The zero-order valence-electron chi connectivity index (χ0n) is 11.7. The van der Waals surface area contributed by atoms with E-state index in [1.165, 1.54) is 0 Å². The van der Waals surface area contributed by atoms with Crippen molar-refractivity contribution in [2.45, 2.75) is 19.8 Å². The van der Waals surface area contributed by atoms with Gasteiger partial charge in [-0.25, -0.2) is 0 Å². The van der Waals surface area contributed by atoms with Crippen molar-refractivity contribution >= 4 is 43.1 Å². The van der Waals surface area contributed by atoms with Crippen LogP contribution in [0.2, 0.25) is 0 Å². The van der Waals surface area contributed by atoms with Gasteiger partial charge in [0.25, 0.3) is 0 Å². The number of anilines is 1. The van der Waals surface area contributed by atoms with Crippen LogP contribution in [0.3, 0.4) is 0 Å². The molecule has 1 amide bonds. The van der Waals surface area contributed by atoms with E-state index in [-0.39, 0.29) is 11.3 Å². The lowest BCUT2D eigenvalue weighted by atomic mass is 10.1. The Hall–Kier alpha value is -2.20. The predicted octanol–water partition coefficient (Wildman–Crippen LogP) is 4.15. The molecule has 4 heteroatoms. The summed E-state index contributed by atoms with van der Waals surface area (Å²) in [4.78, 5) is 24.5. The highest BCUT2D eigenvalue weighted by atomic mass is 32.1. The normalized spacial score (nSPS) is 10.9. The summed E-state index contributed by atoms with van der Waals surface area (Å²) in [6, 6.07) is 13.1. The van der Waals surface area contributed by atoms with Crippen LogP contribution in [0.5, 0.6) is 0 Å². The van der Waals surface area contributed by atoms with E-state index in [1.54, 1.807) is 17.4 Å². The fraction of sp³-hybridized carbons (Fsp3) is 0.176. The first kappa shape index (κ1) is 13.8. The Bertz CT molecular complexity index is 883. The number of hydrogen-bond donors (Lipinski definition) is 1. The number of carbonyl (C=O) groups excluding carboxylic acids is 1. The van der Waals surface area contributed by atoms with Gasteiger partial charge in [-0.2, -0.15) is 0 Å². The van der Waals surface area contributed by atoms with Crippen LogP contribution in [-0.2, 0) is 4.79 Å². The second-order valence-electron chi connectivity index (χ2n) is 4.90. The van der Waals surface area contributed by atoms with Crippen molar-refractivity contribution in [3.05, 3.63) is 52.7 Å². The lowest BCUT2D eigenvalue weighted by molar-refractivity contribution is -0.116. The Morgan fingerprint density at radius 2 is 1.86 bits per heavy atom. The molecule has 21 heavy (non-hydrogen) atoms. The Morgan fingerprint density at radius 1 is 1.10 bits per heavy atom. The van der Waals surface area contributed by atoms with Crippen LogP contribution in [-0.4, -0.2) is 5.91 Å². The molecule has 0 atom stereocenters. The van der Waals surface area contributed by atoms with Gasteiger partial charge in [0.15, 0.2) is 5.43 Å². The van der Waals surface area contributed by atoms with Crippen molar-refractivity contribution in [1.82, 2.24) is 0 Å². The zero-order chi connectivity index (χ0) is 14.8. The number of fused-ring (bicyclic) bond motifs is 2. The molecule has 0 saturated carbocycles. The van der Waals surface area contributed by atoms with Gasteiger partial charge in [-0.05, 0) is 30.7 Å². The summed E-state index contributed by atoms with van der Waals surface area (Å²) < 4.78 is 1.86. The SMILES string of the molecule is CCCC(=O)Nc1cccc2sc3ccccc3c(=O)c12. The molecule has 0 radical (unpaired) electrons. The molecule has 1 N–H and O–H groups in total. The van der Waals surface area contributed by atoms with Gasteiger partial charge in [-0.3, -0.25) is 9.59 Å². The summed E-state index contributed by atoms with van der Waals surface area (Å²) >= 11 is 1.57. The van der Waals surface area contributed by atoms with Crippen LogP contribution in [0, 0.1) is 0 Å². The summed E-state index contributed by atoms with van der Waals surface area (Å²) in [5.74, 6) is -0.0532. The van der Waals surface area contributed by atoms with Crippen molar-refractivity contribution < 1.29 is 4.79 Å². The van der Waals surface area contributed by atoms with Crippen LogP contribution < -0.4 is 10.7 Å². The van der Waals surface area contributed by atoms with E-state index < -0.39 is 0 Å². The van der Waals surface area contributed by atoms with Gasteiger partial charge in [0.05, 0.1) is 11.1 Å². The highest BCUT2D eigenvalue weighted by Gasteiger charge is 2.11. The molecule has 0 unspecified atom stereocenters. The summed E-state index contributed by atoms with van der Waals surface area (Å²) in [5, 5.41) is 4.16. The monoisotopic (exact) mass is 297 g/mol. The first-order valence-electron chi connectivity index (χ1n) is 6.95. The maximum Gasteiger partial charge on any atom is 0.224 e. The highest BCUT2D eigenvalue weighted by molar-refractivity contribution is 7.24. The van der Waals surface area contributed by atoms with E-state index in [9.17, 15) is 9.59 Å². The van der Waals surface area contributed by atoms with Gasteiger partial charge in [-0.15, -0.1) is 11.3 Å². The van der Waals surface area contributed by atoms with Crippen molar-refractivity contribution in [3.63, 3.8) is 0 Å². The quantitative estimate of drug-likeness (QED) is 0.738. The summed E-state index contributed by atoms with van der Waals surface area (Å²) in [6.07, 6.45) is 1.24. The molecule has 106 valence electrons. The van der Waals surface area contributed by atoms with Gasteiger partial charge < -0.3 is 5.32 Å². The topological polar surface area (TPSA) is 46.2 Å². The molecule has 3 rings (SSSR count). The van der Waals surface area contributed by atoms with E-state index in [0.29, 0.717) is 22.9 Å². The first-order chi connectivity index (χ1) is 10.2. The molecule has 0 saturated heterocycles. The van der Waals surface area contributed by atoms with Crippen LogP contribution >= 0.6 is 11.3 Å². The van der Waals surface area contributed by atoms with Crippen molar-refractivity contribution in [2.75, 3.05) is 5.32 Å². The first-order valence-corrected chi connectivity index (χ1v) is 7.77. The minimum absolute atomic E-state index is 0.0215. The third-order valence-corrected chi connectivity index (χ3v) is 4.49. The average Bonchev–Trinajstić information content (AvgIpc) is 2.48. The number of rotatable bonds is 3.